The molecule has 2 N–H and O–H groups in total. The third-order valence-electron chi connectivity index (χ3n) is 1.34. The summed E-state index contributed by atoms with van der Waals surface area (Å²) < 4.78 is 4.91. The molecule has 0 aromatic heterocycles. The number of anilines is 1. The Bertz CT molecular complexity index is 307. The highest BCUT2D eigenvalue weighted by atomic mass is 35.5. The fraction of sp³-hybridized carbons (Fsp3) is 0.222. The van der Waals surface area contributed by atoms with Crippen LogP contribution in [0.1, 0.15) is 5.56 Å². The molecule has 0 saturated carbocycles. The van der Waals surface area contributed by atoms with Crippen LogP contribution in [-0.2, 0) is 0 Å². The lowest BCUT2D eigenvalue weighted by Crippen LogP contribution is -1.90. The van der Waals surface area contributed by atoms with Crippen molar-refractivity contribution in [3.05, 3.63) is 23.8 Å². The van der Waals surface area contributed by atoms with Gasteiger partial charge in [-0.1, -0.05) is 0 Å². The van der Waals surface area contributed by atoms with Gasteiger partial charge in [-0.3, -0.25) is 0 Å². The highest BCUT2D eigenvalue weighted by Crippen LogP contribution is 2.19. The first kappa shape index (κ1) is 11.6. The van der Waals surface area contributed by atoms with E-state index in [1.165, 1.54) is 13.5 Å². The molecule has 0 saturated heterocycles. The molecule has 0 atom stereocenters. The highest BCUT2D eigenvalue weighted by molar-refractivity contribution is 6.15. The van der Waals surface area contributed by atoms with Crippen molar-refractivity contribution in [3.8, 4) is 11.8 Å². The number of nitriles is 1. The number of methoxy groups -OCH3 is 1. The lowest BCUT2D eigenvalue weighted by Gasteiger charge is -2.01. The molecule has 1 aromatic carbocycles. The van der Waals surface area contributed by atoms with E-state index in [0.29, 0.717) is 17.0 Å². The van der Waals surface area contributed by atoms with Crippen LogP contribution >= 0.6 is 11.6 Å². The van der Waals surface area contributed by atoms with Gasteiger partial charge in [0.05, 0.1) is 12.7 Å². The SMILES string of the molecule is CCl.COc1ccc(N)cc1C#N. The van der Waals surface area contributed by atoms with Crippen molar-refractivity contribution in [1.29, 1.82) is 5.26 Å². The molecule has 0 unspecified atom stereocenters. The Balaban J connectivity index is 0.000000671. The molecule has 70 valence electrons. The maximum atomic E-state index is 8.59. The zero-order valence-electron chi connectivity index (χ0n) is 7.54. The van der Waals surface area contributed by atoms with Crippen molar-refractivity contribution in [3.63, 3.8) is 0 Å². The first-order chi connectivity index (χ1) is 6.27. The summed E-state index contributed by atoms with van der Waals surface area (Å²) in [6.07, 6.45) is 1.47. The molecule has 0 heterocycles. The Morgan fingerprint density at radius 2 is 2.08 bits per heavy atom. The second-order valence-electron chi connectivity index (χ2n) is 2.07. The van der Waals surface area contributed by atoms with E-state index in [1.807, 2.05) is 6.07 Å². The van der Waals surface area contributed by atoms with E-state index in [9.17, 15) is 0 Å². The van der Waals surface area contributed by atoms with E-state index in [-0.39, 0.29) is 0 Å². The third-order valence-corrected chi connectivity index (χ3v) is 1.34. The van der Waals surface area contributed by atoms with Gasteiger partial charge in [-0.15, -0.1) is 11.6 Å². The molecule has 0 spiro atoms. The van der Waals surface area contributed by atoms with E-state index in [0.717, 1.165) is 0 Å². The number of nitrogens with zero attached hydrogens (tertiary/aromatic N) is 1. The van der Waals surface area contributed by atoms with Crippen molar-refractivity contribution >= 4 is 17.3 Å². The summed E-state index contributed by atoms with van der Waals surface area (Å²) >= 11 is 4.64. The maximum absolute atomic E-state index is 8.59. The van der Waals surface area contributed by atoms with Gasteiger partial charge in [-0.2, -0.15) is 5.26 Å². The number of hydrogen-bond donors (Lipinski definition) is 1. The number of alkyl halides is 1. The summed E-state index contributed by atoms with van der Waals surface area (Å²) in [6, 6.07) is 6.93. The zero-order chi connectivity index (χ0) is 10.3. The minimum absolute atomic E-state index is 0.465. The third kappa shape index (κ3) is 3.22. The van der Waals surface area contributed by atoms with Crippen LogP contribution in [0, 0.1) is 11.3 Å². The molecule has 0 fully saturated rings. The quantitative estimate of drug-likeness (QED) is 0.555. The summed E-state index contributed by atoms with van der Waals surface area (Å²) in [5.41, 5.74) is 6.49. The van der Waals surface area contributed by atoms with Crippen LogP contribution in [0.5, 0.6) is 5.75 Å². The highest BCUT2D eigenvalue weighted by Gasteiger charge is 2.00. The minimum Gasteiger partial charge on any atom is -0.495 e. The number of ether oxygens (including phenoxy) is 1. The standard InChI is InChI=1S/C8H8N2O.CH3Cl/c1-11-8-3-2-7(10)4-6(8)5-9;1-2/h2-4H,10H2,1H3;1H3. The van der Waals surface area contributed by atoms with Crippen molar-refractivity contribution in [2.24, 2.45) is 0 Å². The van der Waals surface area contributed by atoms with Gasteiger partial charge in [-0.25, -0.2) is 0 Å². The molecule has 1 rings (SSSR count). The molecular weight excluding hydrogens is 188 g/mol. The lowest BCUT2D eigenvalue weighted by atomic mass is 10.2. The molecule has 0 amide bonds. The molecule has 1 aromatic rings. The summed E-state index contributed by atoms with van der Waals surface area (Å²) in [7, 11) is 1.52. The molecule has 0 radical (unpaired) electrons. The molecule has 0 aliphatic heterocycles. The molecule has 0 aliphatic carbocycles. The fourth-order valence-electron chi connectivity index (χ4n) is 0.813. The van der Waals surface area contributed by atoms with Gasteiger partial charge in [-0.05, 0) is 18.2 Å². The number of nitrogen functional groups attached to an aromatic ring is 1. The minimum atomic E-state index is 0.465. The number of nitrogens with two attached hydrogens (primary N) is 1. The Morgan fingerprint density at radius 1 is 1.46 bits per heavy atom. The summed E-state index contributed by atoms with van der Waals surface area (Å²) in [4.78, 5) is 0. The fourth-order valence-corrected chi connectivity index (χ4v) is 0.813. The second kappa shape index (κ2) is 6.15. The number of rotatable bonds is 1. The Labute approximate surface area is 82.7 Å². The average Bonchev–Trinajstić information content (AvgIpc) is 2.20. The van der Waals surface area contributed by atoms with E-state index in [1.54, 1.807) is 18.2 Å². The largest absolute Gasteiger partial charge is 0.495 e. The molecule has 4 heteroatoms. The van der Waals surface area contributed by atoms with Crippen LogP contribution in [0.2, 0.25) is 0 Å². The van der Waals surface area contributed by atoms with Crippen molar-refractivity contribution in [1.82, 2.24) is 0 Å². The Morgan fingerprint density at radius 3 is 2.54 bits per heavy atom. The second-order valence-corrected chi connectivity index (χ2v) is 2.07. The maximum Gasteiger partial charge on any atom is 0.136 e. The number of hydrogen-bond acceptors (Lipinski definition) is 3. The number of benzene rings is 1. The van der Waals surface area contributed by atoms with Gasteiger partial charge in [0.1, 0.15) is 11.8 Å². The van der Waals surface area contributed by atoms with Crippen LogP contribution in [-0.4, -0.2) is 13.5 Å². The monoisotopic (exact) mass is 198 g/mol. The van der Waals surface area contributed by atoms with Crippen LogP contribution in [0.15, 0.2) is 18.2 Å². The van der Waals surface area contributed by atoms with Gasteiger partial charge in [0.2, 0.25) is 0 Å². The van der Waals surface area contributed by atoms with Gasteiger partial charge >= 0.3 is 0 Å². The average molecular weight is 199 g/mol. The zero-order valence-corrected chi connectivity index (χ0v) is 8.30. The van der Waals surface area contributed by atoms with Crippen LogP contribution in [0.25, 0.3) is 0 Å². The van der Waals surface area contributed by atoms with Gasteiger partial charge < -0.3 is 10.5 Å². The first-order valence-corrected chi connectivity index (χ1v) is 4.25. The van der Waals surface area contributed by atoms with E-state index >= 15 is 0 Å². The summed E-state index contributed by atoms with van der Waals surface area (Å²) in [5, 5.41) is 8.59. The van der Waals surface area contributed by atoms with E-state index in [2.05, 4.69) is 11.6 Å². The predicted octanol–water partition coefficient (Wildman–Crippen LogP) is 2.00. The lowest BCUT2D eigenvalue weighted by molar-refractivity contribution is 0.413. The van der Waals surface area contributed by atoms with Crippen molar-refractivity contribution in [2.75, 3.05) is 19.2 Å². The topological polar surface area (TPSA) is 59.0 Å². The molecule has 0 aliphatic rings. The van der Waals surface area contributed by atoms with Crippen LogP contribution in [0.4, 0.5) is 5.69 Å². The van der Waals surface area contributed by atoms with Crippen molar-refractivity contribution < 1.29 is 4.74 Å². The van der Waals surface area contributed by atoms with Crippen LogP contribution in [0.3, 0.4) is 0 Å². The molecular formula is C9H11ClN2O. The first-order valence-electron chi connectivity index (χ1n) is 3.49. The molecule has 13 heavy (non-hydrogen) atoms. The van der Waals surface area contributed by atoms with E-state index < -0.39 is 0 Å². The normalized spacial score (nSPS) is 7.85. The van der Waals surface area contributed by atoms with E-state index in [4.69, 9.17) is 15.7 Å². The van der Waals surface area contributed by atoms with Gasteiger partial charge in [0.15, 0.2) is 0 Å². The summed E-state index contributed by atoms with van der Waals surface area (Å²) in [6.45, 7) is 0. The summed E-state index contributed by atoms with van der Waals surface area (Å²) in [5.74, 6) is 0.557. The molecule has 3 nitrogen and oxygen atoms in total. The molecule has 0 bridgehead atoms. The Hall–Kier alpha value is -1.40. The van der Waals surface area contributed by atoms with Gasteiger partial charge in [0.25, 0.3) is 0 Å². The smallest absolute Gasteiger partial charge is 0.136 e. The van der Waals surface area contributed by atoms with Gasteiger partial charge in [0, 0.05) is 12.1 Å². The number of halogens is 1. The predicted molar refractivity (Wildman–Crippen MR) is 53.9 cm³/mol. The van der Waals surface area contributed by atoms with Crippen molar-refractivity contribution in [2.45, 2.75) is 0 Å². The Kier molecular flexibility index (Phi) is 5.49. The van der Waals surface area contributed by atoms with Crippen LogP contribution < -0.4 is 10.5 Å².